The van der Waals surface area contributed by atoms with Crippen LogP contribution in [0.1, 0.15) is 69.3 Å². The van der Waals surface area contributed by atoms with Crippen LogP contribution < -0.4 is 10.1 Å². The summed E-state index contributed by atoms with van der Waals surface area (Å²) in [5.41, 5.74) is 1.72. The molecule has 1 unspecified atom stereocenters. The number of carbonyl (C=O) groups excluding carboxylic acids is 3. The molecule has 1 saturated carbocycles. The normalized spacial score (nSPS) is 27.6. The molecular weight excluding hydrogens is 394 g/mol. The molecule has 0 radical (unpaired) electrons. The summed E-state index contributed by atoms with van der Waals surface area (Å²) in [6.45, 7) is 11.3. The van der Waals surface area contributed by atoms with Crippen molar-refractivity contribution in [1.29, 1.82) is 0 Å². The lowest BCUT2D eigenvalue weighted by atomic mass is 9.91. The Morgan fingerprint density at radius 3 is 2.58 bits per heavy atom. The van der Waals surface area contributed by atoms with Crippen LogP contribution in [0.5, 0.6) is 5.75 Å². The number of rotatable bonds is 6. The summed E-state index contributed by atoms with van der Waals surface area (Å²) in [5.74, 6) is -0.0388. The van der Waals surface area contributed by atoms with E-state index in [1.54, 1.807) is 4.90 Å². The summed E-state index contributed by atoms with van der Waals surface area (Å²) in [6, 6.07) is 5.41. The van der Waals surface area contributed by atoms with Gasteiger partial charge in [-0.15, -0.1) is 0 Å². The van der Waals surface area contributed by atoms with Gasteiger partial charge in [0.25, 0.3) is 5.91 Å². The van der Waals surface area contributed by atoms with Gasteiger partial charge in [-0.25, -0.2) is 0 Å². The summed E-state index contributed by atoms with van der Waals surface area (Å²) in [5, 5.41) is 2.35. The number of fused-ring (bicyclic) bond motifs is 1. The molecule has 1 saturated heterocycles. The molecule has 2 aliphatic heterocycles. The van der Waals surface area contributed by atoms with Gasteiger partial charge in [-0.3, -0.25) is 24.6 Å². The molecule has 7 nitrogen and oxygen atoms in total. The smallest absolute Gasteiger partial charge is 0.255 e. The van der Waals surface area contributed by atoms with E-state index in [-0.39, 0.29) is 35.7 Å². The minimum absolute atomic E-state index is 0.108. The number of nitrogens with one attached hydrogen (secondary N) is 1. The quantitative estimate of drug-likeness (QED) is 0.707. The molecule has 31 heavy (non-hydrogen) atoms. The minimum atomic E-state index is -0.593. The second kappa shape index (κ2) is 8.26. The van der Waals surface area contributed by atoms with Gasteiger partial charge in [0.2, 0.25) is 11.8 Å². The lowest BCUT2D eigenvalue weighted by Gasteiger charge is -2.31. The van der Waals surface area contributed by atoms with Crippen molar-refractivity contribution in [3.8, 4) is 5.75 Å². The first-order chi connectivity index (χ1) is 14.7. The Labute approximate surface area is 184 Å². The van der Waals surface area contributed by atoms with E-state index in [1.165, 1.54) is 0 Å². The molecule has 3 aliphatic rings. The van der Waals surface area contributed by atoms with Gasteiger partial charge in [0.1, 0.15) is 17.9 Å². The maximum absolute atomic E-state index is 12.9. The van der Waals surface area contributed by atoms with Crippen molar-refractivity contribution in [2.24, 2.45) is 5.41 Å². The molecule has 1 N–H and O–H groups in total. The van der Waals surface area contributed by atoms with Crippen molar-refractivity contribution in [1.82, 2.24) is 15.1 Å². The highest BCUT2D eigenvalue weighted by molar-refractivity contribution is 6.05. The van der Waals surface area contributed by atoms with Crippen molar-refractivity contribution in [2.75, 3.05) is 13.1 Å². The molecule has 0 bridgehead atoms. The molecule has 4 rings (SSSR count). The Kier molecular flexibility index (Phi) is 5.81. The van der Waals surface area contributed by atoms with Crippen LogP contribution in [0.15, 0.2) is 18.2 Å². The average molecular weight is 428 g/mol. The van der Waals surface area contributed by atoms with E-state index in [2.05, 4.69) is 37.9 Å². The Bertz CT molecular complexity index is 893. The van der Waals surface area contributed by atoms with Crippen molar-refractivity contribution in [3.05, 3.63) is 29.3 Å². The predicted molar refractivity (Wildman–Crippen MR) is 117 cm³/mol. The number of hydrogen-bond donors (Lipinski definition) is 1. The molecule has 168 valence electrons. The monoisotopic (exact) mass is 427 g/mol. The first-order valence-corrected chi connectivity index (χ1v) is 11.4. The Hall–Kier alpha value is -2.41. The maximum Gasteiger partial charge on any atom is 0.255 e. The van der Waals surface area contributed by atoms with Gasteiger partial charge < -0.3 is 9.64 Å². The van der Waals surface area contributed by atoms with Gasteiger partial charge in [-0.05, 0) is 61.5 Å². The molecule has 3 amide bonds. The Morgan fingerprint density at radius 1 is 1.16 bits per heavy atom. The molecule has 0 spiro atoms. The van der Waals surface area contributed by atoms with Crippen LogP contribution in [-0.2, 0) is 16.1 Å². The van der Waals surface area contributed by atoms with E-state index in [0.717, 1.165) is 37.2 Å². The average Bonchev–Trinajstić information content (AvgIpc) is 3.19. The van der Waals surface area contributed by atoms with Crippen LogP contribution in [0, 0.1) is 5.41 Å². The number of imide groups is 1. The number of ether oxygens (including phenoxy) is 1. The topological polar surface area (TPSA) is 79.0 Å². The SMILES string of the molecule is CCN(CC)[C@H]1CC(C)(C)C[C@H]1Oc1ccc2c(c1)CN(C1CCC(=O)NC1=O)C2=O. The number of amides is 3. The number of nitrogens with zero attached hydrogens (tertiary/aromatic N) is 2. The van der Waals surface area contributed by atoms with E-state index in [1.807, 2.05) is 18.2 Å². The Morgan fingerprint density at radius 2 is 1.90 bits per heavy atom. The Balaban J connectivity index is 1.51. The predicted octanol–water partition coefficient (Wildman–Crippen LogP) is 2.73. The first-order valence-electron chi connectivity index (χ1n) is 11.4. The molecule has 7 heteroatoms. The fourth-order valence-electron chi connectivity index (χ4n) is 5.44. The summed E-state index contributed by atoms with van der Waals surface area (Å²) in [4.78, 5) is 40.6. The fraction of sp³-hybridized carbons (Fsp3) is 0.625. The third-order valence-electron chi connectivity index (χ3n) is 7.01. The van der Waals surface area contributed by atoms with Gasteiger partial charge in [0.15, 0.2) is 0 Å². The van der Waals surface area contributed by atoms with Crippen LogP contribution >= 0.6 is 0 Å². The van der Waals surface area contributed by atoms with Crippen LogP contribution in [-0.4, -0.2) is 58.8 Å². The molecule has 0 aromatic heterocycles. The zero-order valence-electron chi connectivity index (χ0n) is 18.9. The maximum atomic E-state index is 12.9. The summed E-state index contributed by atoms with van der Waals surface area (Å²) in [6.07, 6.45) is 2.83. The van der Waals surface area contributed by atoms with Crippen molar-refractivity contribution in [2.45, 2.75) is 78.1 Å². The van der Waals surface area contributed by atoms with Crippen LogP contribution in [0.4, 0.5) is 0 Å². The largest absolute Gasteiger partial charge is 0.489 e. The number of piperidine rings is 1. The lowest BCUT2D eigenvalue weighted by Crippen LogP contribution is -2.52. The van der Waals surface area contributed by atoms with E-state index in [4.69, 9.17) is 4.74 Å². The molecule has 1 aromatic carbocycles. The second-order valence-electron chi connectivity index (χ2n) is 9.74. The first kappa shape index (κ1) is 21.8. The molecule has 2 heterocycles. The fourth-order valence-corrected chi connectivity index (χ4v) is 5.44. The minimum Gasteiger partial charge on any atom is -0.489 e. The number of benzene rings is 1. The van der Waals surface area contributed by atoms with Gasteiger partial charge in [-0.1, -0.05) is 27.7 Å². The van der Waals surface area contributed by atoms with Gasteiger partial charge in [0.05, 0.1) is 0 Å². The zero-order chi connectivity index (χ0) is 22.3. The third kappa shape index (κ3) is 4.20. The summed E-state index contributed by atoms with van der Waals surface area (Å²) >= 11 is 0. The van der Waals surface area contributed by atoms with Gasteiger partial charge in [0, 0.05) is 24.6 Å². The van der Waals surface area contributed by atoms with Crippen LogP contribution in [0.3, 0.4) is 0 Å². The highest BCUT2D eigenvalue weighted by atomic mass is 16.5. The van der Waals surface area contributed by atoms with Crippen molar-refractivity contribution < 1.29 is 19.1 Å². The van der Waals surface area contributed by atoms with E-state index < -0.39 is 6.04 Å². The molecule has 1 aromatic rings. The van der Waals surface area contributed by atoms with E-state index in [9.17, 15) is 14.4 Å². The van der Waals surface area contributed by atoms with Crippen molar-refractivity contribution >= 4 is 17.7 Å². The molecule has 1 aliphatic carbocycles. The van der Waals surface area contributed by atoms with Crippen LogP contribution in [0.25, 0.3) is 0 Å². The molecule has 3 atom stereocenters. The van der Waals surface area contributed by atoms with E-state index in [0.29, 0.717) is 24.6 Å². The van der Waals surface area contributed by atoms with Gasteiger partial charge in [-0.2, -0.15) is 0 Å². The van der Waals surface area contributed by atoms with E-state index >= 15 is 0 Å². The highest BCUT2D eigenvalue weighted by Crippen LogP contribution is 2.42. The third-order valence-corrected chi connectivity index (χ3v) is 7.01. The molecule has 2 fully saturated rings. The van der Waals surface area contributed by atoms with Gasteiger partial charge >= 0.3 is 0 Å². The molecular formula is C24H33N3O4. The highest BCUT2D eigenvalue weighted by Gasteiger charge is 2.43. The van der Waals surface area contributed by atoms with Crippen LogP contribution in [0.2, 0.25) is 0 Å². The second-order valence-corrected chi connectivity index (χ2v) is 9.74. The number of hydrogen-bond acceptors (Lipinski definition) is 5. The number of carbonyl (C=O) groups is 3. The standard InChI is InChI=1S/C24H33N3O4/c1-5-26(6-2)19-12-24(3,4)13-20(19)31-16-7-8-17-15(11-16)14-27(23(17)30)18-9-10-21(28)25-22(18)29/h7-8,11,18-20H,5-6,9-10,12-14H2,1-4H3,(H,25,28,29)/t18?,19-,20+/m0/s1. The lowest BCUT2D eigenvalue weighted by molar-refractivity contribution is -0.136. The summed E-state index contributed by atoms with van der Waals surface area (Å²) in [7, 11) is 0. The van der Waals surface area contributed by atoms with Crippen molar-refractivity contribution in [3.63, 3.8) is 0 Å². The number of likely N-dealkylation sites (N-methyl/N-ethyl adjacent to an activating group) is 1. The zero-order valence-corrected chi connectivity index (χ0v) is 18.9. The summed E-state index contributed by atoms with van der Waals surface area (Å²) < 4.78 is 6.49.